The zero-order valence-corrected chi connectivity index (χ0v) is 32.9. The molecule has 0 rings (SSSR count). The molecule has 0 heterocycles. The maximum Gasteiger partial charge on any atom is 0.220 e. The first-order valence-electron chi connectivity index (χ1n) is 21.2. The molecule has 2 atom stereocenters. The first kappa shape index (κ1) is 47.8. The van der Waals surface area contributed by atoms with Crippen molar-refractivity contribution < 1.29 is 15.0 Å². The molecule has 0 aromatic carbocycles. The molecule has 0 bridgehead atoms. The molecule has 0 spiro atoms. The van der Waals surface area contributed by atoms with Crippen LogP contribution in [0.5, 0.6) is 0 Å². The van der Waals surface area contributed by atoms with Gasteiger partial charge < -0.3 is 15.5 Å². The van der Waals surface area contributed by atoms with E-state index in [0.717, 1.165) is 57.8 Å². The summed E-state index contributed by atoms with van der Waals surface area (Å²) in [7, 11) is 0. The molecule has 0 saturated heterocycles. The lowest BCUT2D eigenvalue weighted by molar-refractivity contribution is -0.123. The number of rotatable bonds is 37. The second kappa shape index (κ2) is 41.3. The Bertz CT molecular complexity index is 884. The van der Waals surface area contributed by atoms with Gasteiger partial charge in [-0.25, -0.2) is 0 Å². The van der Waals surface area contributed by atoms with Crippen LogP contribution in [-0.4, -0.2) is 34.9 Å². The number of unbranched alkanes of at least 4 members (excludes halogenated alkanes) is 20. The summed E-state index contributed by atoms with van der Waals surface area (Å²) < 4.78 is 0. The number of nitrogens with one attached hydrogen (secondary N) is 1. The van der Waals surface area contributed by atoms with Crippen LogP contribution in [0, 0.1) is 0 Å². The zero-order chi connectivity index (χ0) is 36.4. The Kier molecular flexibility index (Phi) is 39.5. The van der Waals surface area contributed by atoms with Crippen LogP contribution in [0.1, 0.15) is 194 Å². The standard InChI is InChI=1S/C46H81NO3/c1-3-5-7-9-11-13-15-16-17-18-19-20-21-22-23-24-25-26-27-28-29-30-32-34-36-38-40-42-46(50)47-44(43-48)45(49)41-39-37-35-33-31-14-12-10-8-6-4-2/h8,10,15-16,18-19,21-22,31,33,39,41,44-45,48-49H,3-7,9,11-14,17,20,23-30,32,34-38,40,42-43H2,1-2H3,(H,47,50)/b10-8+,16-15-,19-18-,22-21-,33-31+,41-39+. The molecule has 4 nitrogen and oxygen atoms in total. The number of aliphatic hydroxyl groups is 2. The third kappa shape index (κ3) is 37.1. The molecule has 0 saturated carbocycles. The minimum atomic E-state index is -0.872. The number of hydrogen-bond acceptors (Lipinski definition) is 3. The van der Waals surface area contributed by atoms with E-state index < -0.39 is 12.1 Å². The van der Waals surface area contributed by atoms with Gasteiger partial charge in [-0.1, -0.05) is 183 Å². The van der Waals surface area contributed by atoms with Crippen LogP contribution in [0.4, 0.5) is 0 Å². The number of aliphatic hydroxyl groups excluding tert-OH is 2. The van der Waals surface area contributed by atoms with Crippen LogP contribution in [0.2, 0.25) is 0 Å². The third-order valence-corrected chi connectivity index (χ3v) is 9.12. The van der Waals surface area contributed by atoms with E-state index in [0.29, 0.717) is 6.42 Å². The van der Waals surface area contributed by atoms with Crippen molar-refractivity contribution in [2.24, 2.45) is 0 Å². The fraction of sp³-hybridized carbons (Fsp3) is 0.717. The Hall–Kier alpha value is -2.17. The number of allylic oxidation sites excluding steroid dienone is 11. The average molecular weight is 696 g/mol. The topological polar surface area (TPSA) is 69.6 Å². The van der Waals surface area contributed by atoms with Gasteiger partial charge in [0.1, 0.15) is 0 Å². The smallest absolute Gasteiger partial charge is 0.220 e. The fourth-order valence-electron chi connectivity index (χ4n) is 5.87. The molecule has 0 aromatic heterocycles. The van der Waals surface area contributed by atoms with E-state index in [1.165, 1.54) is 116 Å². The van der Waals surface area contributed by atoms with E-state index in [4.69, 9.17) is 0 Å². The first-order valence-corrected chi connectivity index (χ1v) is 21.2. The Morgan fingerprint density at radius 1 is 0.480 bits per heavy atom. The van der Waals surface area contributed by atoms with E-state index in [1.54, 1.807) is 6.08 Å². The molecule has 0 fully saturated rings. The number of carbonyl (C=O) groups is 1. The molecule has 2 unspecified atom stereocenters. The molecule has 0 aliphatic carbocycles. The van der Waals surface area contributed by atoms with Crippen molar-refractivity contribution >= 4 is 5.91 Å². The quantitative estimate of drug-likeness (QED) is 0.0447. The maximum atomic E-state index is 12.3. The van der Waals surface area contributed by atoms with E-state index in [1.807, 2.05) is 6.08 Å². The Morgan fingerprint density at radius 3 is 1.36 bits per heavy atom. The summed E-state index contributed by atoms with van der Waals surface area (Å²) in [5.74, 6) is -0.0851. The van der Waals surface area contributed by atoms with Crippen molar-refractivity contribution in [2.75, 3.05) is 6.61 Å². The van der Waals surface area contributed by atoms with Crippen molar-refractivity contribution in [1.82, 2.24) is 5.32 Å². The van der Waals surface area contributed by atoms with Gasteiger partial charge in [-0.3, -0.25) is 4.79 Å². The highest BCUT2D eigenvalue weighted by Crippen LogP contribution is 2.14. The minimum absolute atomic E-state index is 0.0851. The van der Waals surface area contributed by atoms with Crippen LogP contribution in [0.3, 0.4) is 0 Å². The minimum Gasteiger partial charge on any atom is -0.394 e. The predicted octanol–water partition coefficient (Wildman–Crippen LogP) is 13.1. The van der Waals surface area contributed by atoms with Gasteiger partial charge in [0, 0.05) is 6.42 Å². The van der Waals surface area contributed by atoms with Gasteiger partial charge in [0.15, 0.2) is 0 Å². The largest absolute Gasteiger partial charge is 0.394 e. The summed E-state index contributed by atoms with van der Waals surface area (Å²) in [6, 6.07) is -0.647. The predicted molar refractivity (Wildman–Crippen MR) is 220 cm³/mol. The van der Waals surface area contributed by atoms with Crippen molar-refractivity contribution in [3.63, 3.8) is 0 Å². The summed E-state index contributed by atoms with van der Waals surface area (Å²) in [6.07, 6.45) is 58.7. The SMILES string of the molecule is CCC/C=C/CC/C=C/CC/C=C/C(O)C(CO)NC(=O)CCCCCCCCCCCCCC/C=C\C/C=C\C/C=C\CCCCCCC. The Morgan fingerprint density at radius 2 is 0.880 bits per heavy atom. The Labute approximate surface area is 310 Å². The van der Waals surface area contributed by atoms with Gasteiger partial charge in [0.05, 0.1) is 18.8 Å². The third-order valence-electron chi connectivity index (χ3n) is 9.12. The van der Waals surface area contributed by atoms with Gasteiger partial charge in [0.25, 0.3) is 0 Å². The van der Waals surface area contributed by atoms with Crippen LogP contribution < -0.4 is 5.32 Å². The molecule has 3 N–H and O–H groups in total. The van der Waals surface area contributed by atoms with Crippen molar-refractivity contribution in [3.05, 3.63) is 72.9 Å². The summed E-state index contributed by atoms with van der Waals surface area (Å²) in [6.45, 7) is 4.19. The Balaban J connectivity index is 3.58. The fourth-order valence-corrected chi connectivity index (χ4v) is 5.87. The lowest BCUT2D eigenvalue weighted by Gasteiger charge is -2.19. The van der Waals surface area contributed by atoms with E-state index in [-0.39, 0.29) is 12.5 Å². The molecular weight excluding hydrogens is 615 g/mol. The summed E-state index contributed by atoms with van der Waals surface area (Å²) in [4.78, 5) is 12.3. The molecule has 0 aliphatic rings. The first-order chi connectivity index (χ1) is 24.7. The number of hydrogen-bond donors (Lipinski definition) is 3. The van der Waals surface area contributed by atoms with Gasteiger partial charge in [-0.05, 0) is 77.0 Å². The summed E-state index contributed by atoms with van der Waals surface area (Å²) in [5.41, 5.74) is 0. The van der Waals surface area contributed by atoms with Gasteiger partial charge in [-0.15, -0.1) is 0 Å². The van der Waals surface area contributed by atoms with Crippen LogP contribution in [0.15, 0.2) is 72.9 Å². The van der Waals surface area contributed by atoms with E-state index in [2.05, 4.69) is 79.9 Å². The van der Waals surface area contributed by atoms with Gasteiger partial charge >= 0.3 is 0 Å². The highest BCUT2D eigenvalue weighted by Gasteiger charge is 2.17. The number of amides is 1. The average Bonchev–Trinajstić information content (AvgIpc) is 3.12. The monoisotopic (exact) mass is 696 g/mol. The number of carbonyl (C=O) groups excluding carboxylic acids is 1. The highest BCUT2D eigenvalue weighted by molar-refractivity contribution is 5.76. The van der Waals surface area contributed by atoms with E-state index >= 15 is 0 Å². The second-order valence-electron chi connectivity index (χ2n) is 14.0. The van der Waals surface area contributed by atoms with Crippen LogP contribution in [-0.2, 0) is 4.79 Å². The van der Waals surface area contributed by atoms with Crippen LogP contribution in [0.25, 0.3) is 0 Å². The second-order valence-corrected chi connectivity index (χ2v) is 14.0. The molecule has 4 heteroatoms. The molecular formula is C46H81NO3. The molecule has 1 amide bonds. The molecule has 50 heavy (non-hydrogen) atoms. The molecule has 288 valence electrons. The van der Waals surface area contributed by atoms with E-state index in [9.17, 15) is 15.0 Å². The van der Waals surface area contributed by atoms with Gasteiger partial charge in [-0.2, -0.15) is 0 Å². The summed E-state index contributed by atoms with van der Waals surface area (Å²) >= 11 is 0. The van der Waals surface area contributed by atoms with Gasteiger partial charge in [0.2, 0.25) is 5.91 Å². The van der Waals surface area contributed by atoms with Crippen molar-refractivity contribution in [3.8, 4) is 0 Å². The molecule has 0 aliphatic heterocycles. The van der Waals surface area contributed by atoms with Crippen LogP contribution >= 0.6 is 0 Å². The van der Waals surface area contributed by atoms with Crippen molar-refractivity contribution in [1.29, 1.82) is 0 Å². The maximum absolute atomic E-state index is 12.3. The van der Waals surface area contributed by atoms with Crippen molar-refractivity contribution in [2.45, 2.75) is 206 Å². The highest BCUT2D eigenvalue weighted by atomic mass is 16.3. The normalized spacial score (nSPS) is 13.8. The lowest BCUT2D eigenvalue weighted by Crippen LogP contribution is -2.45. The lowest BCUT2D eigenvalue weighted by atomic mass is 10.0. The zero-order valence-electron chi connectivity index (χ0n) is 32.9. The summed E-state index contributed by atoms with van der Waals surface area (Å²) in [5, 5.41) is 22.9. The molecule has 0 aromatic rings. The molecule has 0 radical (unpaired) electrons.